The normalized spacial score (nSPS) is 16.8. The lowest BCUT2D eigenvalue weighted by molar-refractivity contribution is 0.381. The third-order valence-electron chi connectivity index (χ3n) is 3.98. The predicted octanol–water partition coefficient (Wildman–Crippen LogP) is 3.12. The predicted molar refractivity (Wildman–Crippen MR) is 72.6 cm³/mol. The van der Waals surface area contributed by atoms with Crippen molar-refractivity contribution in [3.05, 3.63) is 23.3 Å². The first kappa shape index (κ1) is 13.6. The van der Waals surface area contributed by atoms with Gasteiger partial charge in [-0.1, -0.05) is 12.8 Å². The summed E-state index contributed by atoms with van der Waals surface area (Å²) in [4.78, 5) is 14.9. The molecule has 4 nitrogen and oxygen atoms in total. The van der Waals surface area contributed by atoms with Crippen LogP contribution in [0.3, 0.4) is 0 Å². The zero-order chi connectivity index (χ0) is 13.9. The molecular weight excluding hydrogens is 242 g/mol. The van der Waals surface area contributed by atoms with Crippen LogP contribution in [0.15, 0.2) is 17.1 Å². The summed E-state index contributed by atoms with van der Waals surface area (Å²) >= 11 is 0. The first-order valence-electron chi connectivity index (χ1n) is 6.49. The summed E-state index contributed by atoms with van der Waals surface area (Å²) < 4.78 is 10.8. The molecule has 1 aliphatic rings. The van der Waals surface area contributed by atoms with Crippen LogP contribution in [0.25, 0.3) is 0 Å². The molecule has 0 saturated heterocycles. The third kappa shape index (κ3) is 2.36. The average Bonchev–Trinajstić information content (AvgIpc) is 2.89. The number of methoxy groups -OCH3 is 2. The Hall–Kier alpha value is -1.80. The highest BCUT2D eigenvalue weighted by Crippen LogP contribution is 2.45. The highest BCUT2D eigenvalue weighted by molar-refractivity contribution is 5.50. The van der Waals surface area contributed by atoms with Crippen molar-refractivity contribution in [2.24, 2.45) is 4.99 Å². The number of carbonyl (C=O) groups excluding carboxylic acids is 1. The maximum absolute atomic E-state index is 10.8. The Morgan fingerprint density at radius 2 is 1.68 bits per heavy atom. The molecular formula is C15H19NO3. The fourth-order valence-electron chi connectivity index (χ4n) is 2.87. The van der Waals surface area contributed by atoms with Crippen LogP contribution in [-0.4, -0.2) is 20.3 Å². The average molecular weight is 261 g/mol. The lowest BCUT2D eigenvalue weighted by atomic mass is 9.88. The zero-order valence-corrected chi connectivity index (χ0v) is 11.7. The quantitative estimate of drug-likeness (QED) is 0.618. The van der Waals surface area contributed by atoms with Gasteiger partial charge in [-0.05, 0) is 37.5 Å². The molecule has 1 fully saturated rings. The Balaban J connectivity index is 2.57. The van der Waals surface area contributed by atoms with Crippen molar-refractivity contribution in [1.82, 2.24) is 0 Å². The molecule has 2 rings (SSSR count). The molecule has 1 aliphatic carbocycles. The number of isocyanates is 1. The largest absolute Gasteiger partial charge is 0.496 e. The summed E-state index contributed by atoms with van der Waals surface area (Å²) in [7, 11) is 3.27. The number of ether oxygens (including phenoxy) is 2. The van der Waals surface area contributed by atoms with Crippen molar-refractivity contribution in [2.75, 3.05) is 14.2 Å². The molecule has 1 saturated carbocycles. The van der Waals surface area contributed by atoms with Gasteiger partial charge in [-0.2, -0.15) is 4.99 Å². The molecule has 0 radical (unpaired) electrons. The van der Waals surface area contributed by atoms with Gasteiger partial charge in [-0.25, -0.2) is 4.79 Å². The minimum atomic E-state index is -0.448. The molecule has 4 heteroatoms. The molecule has 0 aromatic heterocycles. The number of hydrogen-bond acceptors (Lipinski definition) is 4. The maximum Gasteiger partial charge on any atom is 0.235 e. The van der Waals surface area contributed by atoms with E-state index >= 15 is 0 Å². The van der Waals surface area contributed by atoms with Gasteiger partial charge in [0.05, 0.1) is 19.8 Å². The lowest BCUT2D eigenvalue weighted by Crippen LogP contribution is -2.19. The minimum Gasteiger partial charge on any atom is -0.496 e. The Morgan fingerprint density at radius 1 is 1.16 bits per heavy atom. The first-order valence-corrected chi connectivity index (χ1v) is 6.49. The third-order valence-corrected chi connectivity index (χ3v) is 3.98. The van der Waals surface area contributed by atoms with Gasteiger partial charge >= 0.3 is 0 Å². The van der Waals surface area contributed by atoms with E-state index in [1.165, 1.54) is 0 Å². The van der Waals surface area contributed by atoms with E-state index in [1.54, 1.807) is 20.3 Å². The van der Waals surface area contributed by atoms with Crippen LogP contribution >= 0.6 is 0 Å². The summed E-state index contributed by atoms with van der Waals surface area (Å²) in [6, 6.07) is 3.92. The van der Waals surface area contributed by atoms with Crippen molar-refractivity contribution in [3.63, 3.8) is 0 Å². The van der Waals surface area contributed by atoms with E-state index < -0.39 is 5.54 Å². The second kappa shape index (κ2) is 5.45. The minimum absolute atomic E-state index is 0.448. The molecule has 0 spiro atoms. The van der Waals surface area contributed by atoms with E-state index in [4.69, 9.17) is 9.47 Å². The molecule has 1 aromatic carbocycles. The summed E-state index contributed by atoms with van der Waals surface area (Å²) in [6.45, 7) is 1.95. The summed E-state index contributed by atoms with van der Waals surface area (Å²) in [5.74, 6) is 1.53. The van der Waals surface area contributed by atoms with Crippen LogP contribution < -0.4 is 9.47 Å². The molecule has 0 atom stereocenters. The summed E-state index contributed by atoms with van der Waals surface area (Å²) in [5, 5.41) is 0. The van der Waals surface area contributed by atoms with Gasteiger partial charge in [0.2, 0.25) is 6.08 Å². The monoisotopic (exact) mass is 261 g/mol. The van der Waals surface area contributed by atoms with E-state index in [2.05, 4.69) is 4.99 Å². The van der Waals surface area contributed by atoms with Gasteiger partial charge < -0.3 is 9.47 Å². The van der Waals surface area contributed by atoms with Gasteiger partial charge in [0.1, 0.15) is 11.5 Å². The highest BCUT2D eigenvalue weighted by Gasteiger charge is 2.36. The van der Waals surface area contributed by atoms with Crippen LogP contribution in [0.1, 0.15) is 36.8 Å². The van der Waals surface area contributed by atoms with E-state index in [0.29, 0.717) is 0 Å². The molecule has 102 valence electrons. The van der Waals surface area contributed by atoms with Crippen molar-refractivity contribution in [2.45, 2.75) is 38.1 Å². The molecule has 0 N–H and O–H groups in total. The molecule has 0 amide bonds. The standard InChI is InChI=1S/C15H19NO3/c1-11-13(18-2)8-12(9-14(11)19-3)15(16-10-17)6-4-5-7-15/h8-9H,4-7H2,1-3H3. The smallest absolute Gasteiger partial charge is 0.235 e. The van der Waals surface area contributed by atoms with Gasteiger partial charge in [0, 0.05) is 5.56 Å². The fourth-order valence-corrected chi connectivity index (χ4v) is 2.87. The lowest BCUT2D eigenvalue weighted by Gasteiger charge is -2.24. The summed E-state index contributed by atoms with van der Waals surface area (Å²) in [6.07, 6.45) is 5.62. The van der Waals surface area contributed by atoms with Gasteiger partial charge in [-0.15, -0.1) is 0 Å². The van der Waals surface area contributed by atoms with Gasteiger partial charge in [0.15, 0.2) is 0 Å². The van der Waals surface area contributed by atoms with Crippen LogP contribution in [0.5, 0.6) is 11.5 Å². The van der Waals surface area contributed by atoms with E-state index in [1.807, 2.05) is 19.1 Å². The number of nitrogens with zero attached hydrogens (tertiary/aromatic N) is 1. The van der Waals surface area contributed by atoms with Crippen LogP contribution in [0.2, 0.25) is 0 Å². The second-order valence-corrected chi connectivity index (χ2v) is 4.95. The Labute approximate surface area is 113 Å². The Kier molecular flexibility index (Phi) is 3.91. The Morgan fingerprint density at radius 3 is 2.11 bits per heavy atom. The molecule has 0 bridgehead atoms. The van der Waals surface area contributed by atoms with Crippen molar-refractivity contribution in [3.8, 4) is 11.5 Å². The zero-order valence-electron chi connectivity index (χ0n) is 11.7. The highest BCUT2D eigenvalue weighted by atomic mass is 16.5. The number of benzene rings is 1. The fraction of sp³-hybridized carbons (Fsp3) is 0.533. The molecule has 1 aromatic rings. The number of hydrogen-bond donors (Lipinski definition) is 0. The van der Waals surface area contributed by atoms with Crippen molar-refractivity contribution in [1.29, 1.82) is 0 Å². The maximum atomic E-state index is 10.8. The number of rotatable bonds is 4. The first-order chi connectivity index (χ1) is 9.16. The molecule has 19 heavy (non-hydrogen) atoms. The van der Waals surface area contributed by atoms with Gasteiger partial charge in [-0.3, -0.25) is 0 Å². The van der Waals surface area contributed by atoms with Crippen molar-refractivity contribution >= 4 is 6.08 Å². The van der Waals surface area contributed by atoms with E-state index in [9.17, 15) is 4.79 Å². The molecule has 0 unspecified atom stereocenters. The topological polar surface area (TPSA) is 47.9 Å². The van der Waals surface area contributed by atoms with E-state index in [-0.39, 0.29) is 0 Å². The second-order valence-electron chi connectivity index (χ2n) is 4.95. The molecule has 0 heterocycles. The van der Waals surface area contributed by atoms with Crippen LogP contribution in [-0.2, 0) is 10.3 Å². The van der Waals surface area contributed by atoms with Gasteiger partial charge in [0.25, 0.3) is 0 Å². The molecule has 0 aliphatic heterocycles. The van der Waals surface area contributed by atoms with Crippen molar-refractivity contribution < 1.29 is 14.3 Å². The SMILES string of the molecule is COc1cc(C2(N=C=O)CCCC2)cc(OC)c1C. The number of aliphatic imine (C=N–C) groups is 1. The van der Waals surface area contributed by atoms with E-state index in [0.717, 1.165) is 48.3 Å². The van der Waals surface area contributed by atoms with Crippen LogP contribution in [0, 0.1) is 6.92 Å². The Bertz CT molecular complexity index is 487. The summed E-state index contributed by atoms with van der Waals surface area (Å²) in [5.41, 5.74) is 1.49. The van der Waals surface area contributed by atoms with Crippen LogP contribution in [0.4, 0.5) is 0 Å².